The lowest BCUT2D eigenvalue weighted by Gasteiger charge is -2.27. The summed E-state index contributed by atoms with van der Waals surface area (Å²) in [6.07, 6.45) is 6.66. The predicted molar refractivity (Wildman–Crippen MR) is 143 cm³/mol. The lowest BCUT2D eigenvalue weighted by atomic mass is 10.0. The summed E-state index contributed by atoms with van der Waals surface area (Å²) in [6, 6.07) is 16.9. The maximum Gasteiger partial charge on any atom is 0.326 e. The van der Waals surface area contributed by atoms with Crippen LogP contribution in [0.1, 0.15) is 22.4 Å². The number of nitrogens with one attached hydrogen (secondary N) is 1. The third kappa shape index (κ3) is 5.39. The van der Waals surface area contributed by atoms with Crippen LogP contribution in [0.2, 0.25) is 15.2 Å². The highest BCUT2D eigenvalue weighted by molar-refractivity contribution is 6.31. The van der Waals surface area contributed by atoms with E-state index >= 15 is 0 Å². The van der Waals surface area contributed by atoms with Crippen molar-refractivity contribution in [3.05, 3.63) is 104 Å². The molecule has 5 nitrogen and oxygen atoms in total. The number of rotatable bonds is 5. The van der Waals surface area contributed by atoms with Gasteiger partial charge in [-0.25, -0.2) is 9.78 Å². The van der Waals surface area contributed by atoms with Crippen LogP contribution in [0.5, 0.6) is 0 Å². The van der Waals surface area contributed by atoms with E-state index in [0.717, 1.165) is 64.4 Å². The topological polar surface area (TPSA) is 50.2 Å². The molecule has 4 aromatic rings. The highest BCUT2D eigenvalue weighted by atomic mass is 35.5. The molecule has 5 rings (SSSR count). The SMILES string of the molecule is O=C(NCc1ccnc(Cl)c1)n1c2c(c3cc(Cl)ccc31)CN(CC=Cc1ccc(Cl)cc1)CC2. The smallest absolute Gasteiger partial charge is 0.326 e. The number of nitrogens with zero attached hydrogens (tertiary/aromatic N) is 3. The number of amides is 1. The van der Waals surface area contributed by atoms with Gasteiger partial charge in [-0.1, -0.05) is 59.1 Å². The van der Waals surface area contributed by atoms with Crippen LogP contribution in [-0.4, -0.2) is 33.6 Å². The van der Waals surface area contributed by atoms with Crippen LogP contribution in [0, 0.1) is 0 Å². The third-order valence-electron chi connectivity index (χ3n) is 6.17. The van der Waals surface area contributed by atoms with Crippen LogP contribution in [0.3, 0.4) is 0 Å². The van der Waals surface area contributed by atoms with E-state index in [-0.39, 0.29) is 6.03 Å². The molecule has 1 amide bonds. The van der Waals surface area contributed by atoms with Gasteiger partial charge in [0.25, 0.3) is 0 Å². The molecule has 35 heavy (non-hydrogen) atoms. The molecule has 0 radical (unpaired) electrons. The van der Waals surface area contributed by atoms with Crippen LogP contribution >= 0.6 is 34.8 Å². The molecule has 0 unspecified atom stereocenters. The minimum absolute atomic E-state index is 0.164. The molecule has 0 spiro atoms. The van der Waals surface area contributed by atoms with E-state index in [4.69, 9.17) is 34.8 Å². The summed E-state index contributed by atoms with van der Waals surface area (Å²) in [5.74, 6) is 0. The van der Waals surface area contributed by atoms with Crippen molar-refractivity contribution in [3.8, 4) is 0 Å². The fourth-order valence-corrected chi connectivity index (χ4v) is 4.99. The maximum atomic E-state index is 13.3. The van der Waals surface area contributed by atoms with Gasteiger partial charge >= 0.3 is 6.03 Å². The van der Waals surface area contributed by atoms with Crippen LogP contribution in [0.25, 0.3) is 17.0 Å². The van der Waals surface area contributed by atoms with E-state index in [1.54, 1.807) is 16.8 Å². The van der Waals surface area contributed by atoms with Crippen molar-refractivity contribution in [2.24, 2.45) is 0 Å². The number of hydrogen-bond donors (Lipinski definition) is 1. The van der Waals surface area contributed by atoms with Crippen LogP contribution in [-0.2, 0) is 19.5 Å². The van der Waals surface area contributed by atoms with Crippen molar-refractivity contribution in [1.29, 1.82) is 0 Å². The highest BCUT2D eigenvalue weighted by Gasteiger charge is 2.26. The van der Waals surface area contributed by atoms with Gasteiger partial charge in [0.15, 0.2) is 0 Å². The summed E-state index contributed by atoms with van der Waals surface area (Å²) in [7, 11) is 0. The van der Waals surface area contributed by atoms with Gasteiger partial charge in [-0.3, -0.25) is 9.47 Å². The van der Waals surface area contributed by atoms with Gasteiger partial charge in [0, 0.05) is 59.9 Å². The van der Waals surface area contributed by atoms with E-state index in [2.05, 4.69) is 27.4 Å². The lowest BCUT2D eigenvalue weighted by molar-refractivity contribution is 0.240. The Labute approximate surface area is 218 Å². The molecule has 0 atom stereocenters. The number of hydrogen-bond acceptors (Lipinski definition) is 3. The first-order chi connectivity index (χ1) is 17.0. The lowest BCUT2D eigenvalue weighted by Crippen LogP contribution is -2.34. The zero-order valence-electron chi connectivity index (χ0n) is 18.8. The average Bonchev–Trinajstić information content (AvgIpc) is 3.17. The number of fused-ring (bicyclic) bond motifs is 3. The molecule has 8 heteroatoms. The van der Waals surface area contributed by atoms with Gasteiger partial charge in [-0.05, 0) is 59.2 Å². The Morgan fingerprint density at radius 3 is 2.63 bits per heavy atom. The Hall–Kier alpha value is -2.83. The van der Waals surface area contributed by atoms with Gasteiger partial charge in [0.1, 0.15) is 5.15 Å². The van der Waals surface area contributed by atoms with Crippen molar-refractivity contribution in [3.63, 3.8) is 0 Å². The van der Waals surface area contributed by atoms with Crippen molar-refractivity contribution in [1.82, 2.24) is 19.8 Å². The zero-order chi connectivity index (χ0) is 24.4. The number of pyridine rings is 1. The van der Waals surface area contributed by atoms with Crippen LogP contribution in [0.15, 0.2) is 66.9 Å². The molecule has 1 aliphatic heterocycles. The number of carbonyl (C=O) groups is 1. The minimum Gasteiger partial charge on any atom is -0.333 e. The van der Waals surface area contributed by atoms with E-state index < -0.39 is 0 Å². The largest absolute Gasteiger partial charge is 0.333 e. The maximum absolute atomic E-state index is 13.3. The summed E-state index contributed by atoms with van der Waals surface area (Å²) in [6.45, 7) is 2.78. The molecule has 3 heterocycles. The highest BCUT2D eigenvalue weighted by Crippen LogP contribution is 2.32. The summed E-state index contributed by atoms with van der Waals surface area (Å²) in [4.78, 5) is 19.7. The second-order valence-corrected chi connectivity index (χ2v) is 9.77. The predicted octanol–water partition coefficient (Wildman–Crippen LogP) is 6.83. The zero-order valence-corrected chi connectivity index (χ0v) is 21.1. The molecule has 1 N–H and O–H groups in total. The number of benzene rings is 2. The molecule has 2 aromatic heterocycles. The van der Waals surface area contributed by atoms with E-state index in [9.17, 15) is 4.79 Å². The molecule has 178 valence electrons. The molecule has 0 saturated carbocycles. The summed E-state index contributed by atoms with van der Waals surface area (Å²) in [5, 5.41) is 5.83. The Morgan fingerprint density at radius 1 is 1.03 bits per heavy atom. The van der Waals surface area contributed by atoms with Gasteiger partial charge in [0.05, 0.1) is 5.52 Å². The Balaban J connectivity index is 1.37. The quantitative estimate of drug-likeness (QED) is 0.291. The first-order valence-electron chi connectivity index (χ1n) is 11.3. The molecule has 0 fully saturated rings. The Morgan fingerprint density at radius 2 is 1.83 bits per heavy atom. The van der Waals surface area contributed by atoms with Gasteiger partial charge in [0.2, 0.25) is 0 Å². The molecule has 1 aliphatic rings. The van der Waals surface area contributed by atoms with E-state index in [0.29, 0.717) is 16.7 Å². The first kappa shape index (κ1) is 23.9. The van der Waals surface area contributed by atoms with Gasteiger partial charge in [-0.2, -0.15) is 0 Å². The Kier molecular flexibility index (Phi) is 7.12. The average molecular weight is 526 g/mol. The molecular formula is C27H23Cl3N4O. The number of carbonyl (C=O) groups excluding carboxylic acids is 1. The van der Waals surface area contributed by atoms with Crippen molar-refractivity contribution < 1.29 is 4.79 Å². The molecule has 0 bridgehead atoms. The molecular weight excluding hydrogens is 503 g/mol. The normalized spacial score (nSPS) is 13.9. The third-order valence-corrected chi connectivity index (χ3v) is 6.86. The first-order valence-corrected chi connectivity index (χ1v) is 12.5. The van der Waals surface area contributed by atoms with E-state index in [1.165, 1.54) is 0 Å². The fourth-order valence-electron chi connectivity index (χ4n) is 4.50. The van der Waals surface area contributed by atoms with Crippen LogP contribution in [0.4, 0.5) is 4.79 Å². The summed E-state index contributed by atoms with van der Waals surface area (Å²) in [5.41, 5.74) is 5.05. The summed E-state index contributed by atoms with van der Waals surface area (Å²) < 4.78 is 1.80. The van der Waals surface area contributed by atoms with Crippen LogP contribution < -0.4 is 5.32 Å². The molecule has 2 aromatic carbocycles. The molecule has 0 aliphatic carbocycles. The monoisotopic (exact) mass is 524 g/mol. The number of aromatic nitrogens is 2. The van der Waals surface area contributed by atoms with Gasteiger partial charge < -0.3 is 5.32 Å². The van der Waals surface area contributed by atoms with Crippen molar-refractivity contribution in [2.45, 2.75) is 19.5 Å². The van der Waals surface area contributed by atoms with Crippen molar-refractivity contribution in [2.75, 3.05) is 13.1 Å². The van der Waals surface area contributed by atoms with Gasteiger partial charge in [-0.15, -0.1) is 0 Å². The van der Waals surface area contributed by atoms with E-state index in [1.807, 2.05) is 48.5 Å². The minimum atomic E-state index is -0.164. The second-order valence-electron chi connectivity index (χ2n) is 8.51. The molecule has 0 saturated heterocycles. The summed E-state index contributed by atoms with van der Waals surface area (Å²) >= 11 is 18.3. The number of halogens is 3. The Bertz CT molecular complexity index is 1410. The van der Waals surface area contributed by atoms with Crippen molar-refractivity contribution >= 4 is 57.8 Å². The standard InChI is InChI=1S/C27H23Cl3N4O/c28-20-5-3-18(4-6-20)2-1-12-33-13-10-25-23(17-33)22-15-21(29)7-8-24(22)34(25)27(35)32-16-19-9-11-31-26(30)14-19/h1-9,11,14-15H,10,12-13,16-17H2,(H,32,35). The second kappa shape index (κ2) is 10.4. The fraction of sp³-hybridized carbons (Fsp3) is 0.185.